The molecule has 3 N–H and O–H groups in total. The van der Waals surface area contributed by atoms with Crippen molar-refractivity contribution >= 4 is 35.0 Å². The normalized spacial score (nSPS) is 27.4. The molecule has 4 aliphatic rings. The molecule has 2 bridgehead atoms. The van der Waals surface area contributed by atoms with Crippen molar-refractivity contribution in [2.24, 2.45) is 17.8 Å². The summed E-state index contributed by atoms with van der Waals surface area (Å²) >= 11 is 6.12. The number of hydrogen-bond donors (Lipinski definition) is 3. The molecule has 206 valence electrons. The molecule has 0 unspecified atom stereocenters. The molecule has 1 aliphatic carbocycles. The molecular weight excluding hydrogens is 516 g/mol. The first-order chi connectivity index (χ1) is 18.0. The predicted molar refractivity (Wildman–Crippen MR) is 138 cm³/mol. The number of anilines is 1. The minimum absolute atomic E-state index is 0.0888. The predicted octanol–water partition coefficient (Wildman–Crippen LogP) is 3.72. The first kappa shape index (κ1) is 28.1. The molecule has 0 radical (unpaired) electrons. The first-order valence-corrected chi connectivity index (χ1v) is 13.6. The summed E-state index contributed by atoms with van der Waals surface area (Å²) in [6.45, 7) is 4.40. The van der Waals surface area contributed by atoms with E-state index in [9.17, 15) is 19.6 Å². The molecule has 3 saturated heterocycles. The number of fused-ring (bicyclic) bond motifs is 3. The lowest BCUT2D eigenvalue weighted by molar-refractivity contribution is -0.194. The van der Waals surface area contributed by atoms with E-state index in [2.05, 4.69) is 16.0 Å². The number of nitriles is 1. The van der Waals surface area contributed by atoms with Crippen molar-refractivity contribution < 1.29 is 23.2 Å². The van der Waals surface area contributed by atoms with Crippen molar-refractivity contribution in [3.05, 3.63) is 29.3 Å². The molecule has 1 aromatic rings. The summed E-state index contributed by atoms with van der Waals surface area (Å²) in [5.74, 6) is -6.18. The van der Waals surface area contributed by atoms with Gasteiger partial charge in [-0.2, -0.15) is 5.26 Å². The Kier molecular flexibility index (Phi) is 8.46. The van der Waals surface area contributed by atoms with Crippen LogP contribution in [-0.2, 0) is 14.4 Å². The van der Waals surface area contributed by atoms with Gasteiger partial charge in [0.15, 0.2) is 0 Å². The second-order valence-electron chi connectivity index (χ2n) is 11.0. The van der Waals surface area contributed by atoms with Gasteiger partial charge in [0.2, 0.25) is 17.7 Å². The molecule has 8 nitrogen and oxygen atoms in total. The minimum atomic E-state index is -3.11. The van der Waals surface area contributed by atoms with E-state index < -0.39 is 60.2 Å². The zero-order valence-electron chi connectivity index (χ0n) is 21.6. The van der Waals surface area contributed by atoms with E-state index >= 15 is 8.78 Å². The van der Waals surface area contributed by atoms with Crippen molar-refractivity contribution in [1.29, 1.82) is 5.26 Å². The van der Waals surface area contributed by atoms with E-state index in [1.54, 1.807) is 24.3 Å². The van der Waals surface area contributed by atoms with E-state index in [0.717, 1.165) is 0 Å². The summed E-state index contributed by atoms with van der Waals surface area (Å²) in [5, 5.41) is 18.6. The smallest absolute Gasteiger partial charge is 0.255 e. The van der Waals surface area contributed by atoms with Crippen LogP contribution < -0.4 is 16.0 Å². The van der Waals surface area contributed by atoms with Crippen LogP contribution in [0.3, 0.4) is 0 Å². The summed E-state index contributed by atoms with van der Waals surface area (Å²) in [5.41, 5.74) is 0.615. The summed E-state index contributed by atoms with van der Waals surface area (Å²) in [6, 6.07) is 4.89. The Morgan fingerprint density at radius 2 is 2.05 bits per heavy atom. The molecular formula is C27H34ClF2N5O3. The van der Waals surface area contributed by atoms with Crippen LogP contribution in [0.1, 0.15) is 52.4 Å². The van der Waals surface area contributed by atoms with Gasteiger partial charge >= 0.3 is 0 Å². The number of benzene rings is 1. The molecule has 1 saturated carbocycles. The fraction of sp³-hybridized carbons (Fsp3) is 0.630. The van der Waals surface area contributed by atoms with Crippen molar-refractivity contribution in [3.63, 3.8) is 0 Å². The second-order valence-corrected chi connectivity index (χ2v) is 11.5. The Balaban J connectivity index is 1.59. The largest absolute Gasteiger partial charge is 0.374 e. The highest BCUT2D eigenvalue weighted by Gasteiger charge is 2.61. The standard InChI is InChI=1S/C27H34ClF2N5O3/c1-15(2)10-22(33-18-5-3-4-17(28)12-18)26(38)35-20-6-7-21(27(29,30)13-20)23(35)25(37)34-19(14-31)11-16-8-9-32-24(16)36/h3-5,12,15-16,19-23,33H,6-11,13H2,1-2H3,(H,32,36)(H,34,37)/t16-,19-,20+,21+,22+,23+/m0/s1. The molecule has 6 atom stereocenters. The number of nitrogens with one attached hydrogen (secondary N) is 3. The summed E-state index contributed by atoms with van der Waals surface area (Å²) in [4.78, 5) is 40.9. The molecule has 38 heavy (non-hydrogen) atoms. The van der Waals surface area contributed by atoms with Crippen molar-refractivity contribution in [2.75, 3.05) is 11.9 Å². The van der Waals surface area contributed by atoms with Crippen LogP contribution in [0.2, 0.25) is 5.02 Å². The lowest BCUT2D eigenvalue weighted by atomic mass is 9.71. The molecule has 1 aromatic carbocycles. The molecule has 3 amide bonds. The summed E-state index contributed by atoms with van der Waals surface area (Å²) in [7, 11) is 0. The van der Waals surface area contributed by atoms with Crippen LogP contribution in [0.4, 0.5) is 14.5 Å². The maximum absolute atomic E-state index is 15.1. The third-order valence-electron chi connectivity index (χ3n) is 7.78. The molecule has 0 spiro atoms. The van der Waals surface area contributed by atoms with Gasteiger partial charge in [0.05, 0.1) is 12.0 Å². The van der Waals surface area contributed by atoms with Crippen LogP contribution in [0.15, 0.2) is 24.3 Å². The molecule has 3 heterocycles. The maximum atomic E-state index is 15.1. The highest BCUT2D eigenvalue weighted by molar-refractivity contribution is 6.30. The maximum Gasteiger partial charge on any atom is 0.255 e. The van der Waals surface area contributed by atoms with E-state index in [4.69, 9.17) is 11.6 Å². The van der Waals surface area contributed by atoms with Gasteiger partial charge in [-0.1, -0.05) is 31.5 Å². The Labute approximate surface area is 226 Å². The van der Waals surface area contributed by atoms with E-state index in [0.29, 0.717) is 36.5 Å². The first-order valence-electron chi connectivity index (χ1n) is 13.2. The second kappa shape index (κ2) is 11.4. The van der Waals surface area contributed by atoms with E-state index in [-0.39, 0.29) is 24.7 Å². The number of carbonyl (C=O) groups is 3. The Hall–Kier alpha value is -2.93. The van der Waals surface area contributed by atoms with Gasteiger partial charge in [0.1, 0.15) is 18.1 Å². The molecule has 11 heteroatoms. The lowest BCUT2D eigenvalue weighted by Gasteiger charge is -2.54. The third kappa shape index (κ3) is 6.04. The van der Waals surface area contributed by atoms with Gasteiger partial charge in [-0.05, 0) is 56.2 Å². The fourth-order valence-corrected chi connectivity index (χ4v) is 6.22. The molecule has 0 aromatic heterocycles. The van der Waals surface area contributed by atoms with Crippen LogP contribution in [0, 0.1) is 29.1 Å². The average molecular weight is 550 g/mol. The number of amides is 3. The zero-order chi connectivity index (χ0) is 27.6. The van der Waals surface area contributed by atoms with Gasteiger partial charge in [-0.25, -0.2) is 8.78 Å². The van der Waals surface area contributed by atoms with Gasteiger partial charge in [-0.3, -0.25) is 14.4 Å². The summed E-state index contributed by atoms with van der Waals surface area (Å²) < 4.78 is 30.2. The van der Waals surface area contributed by atoms with Crippen molar-refractivity contribution in [1.82, 2.24) is 15.5 Å². The highest BCUT2D eigenvalue weighted by Crippen LogP contribution is 2.49. The number of rotatable bonds is 9. The van der Waals surface area contributed by atoms with Crippen LogP contribution in [0.5, 0.6) is 0 Å². The molecule has 4 fully saturated rings. The SMILES string of the molecule is CC(C)C[C@@H](Nc1cccc(Cl)c1)C(=O)N1[C@@H]2CC[C@H]([C@@H]1C(=O)N[C@H](C#N)C[C@@H]1CCNC1=O)C(F)(F)C2. The van der Waals surface area contributed by atoms with Crippen LogP contribution in [0.25, 0.3) is 0 Å². The topological polar surface area (TPSA) is 114 Å². The lowest BCUT2D eigenvalue weighted by Crippen LogP contribution is -2.70. The third-order valence-corrected chi connectivity index (χ3v) is 8.02. The monoisotopic (exact) mass is 549 g/mol. The quantitative estimate of drug-likeness (QED) is 0.434. The number of piperidine rings is 2. The number of hydrogen-bond acceptors (Lipinski definition) is 5. The Morgan fingerprint density at radius 3 is 2.66 bits per heavy atom. The van der Waals surface area contributed by atoms with E-state index in [1.165, 1.54) is 4.90 Å². The zero-order valence-corrected chi connectivity index (χ0v) is 22.3. The molecule has 5 rings (SSSR count). The van der Waals surface area contributed by atoms with Gasteiger partial charge in [0.25, 0.3) is 5.92 Å². The Morgan fingerprint density at radius 1 is 1.29 bits per heavy atom. The number of nitrogens with zero attached hydrogens (tertiary/aromatic N) is 2. The summed E-state index contributed by atoms with van der Waals surface area (Å²) in [6.07, 6.45) is 1.04. The van der Waals surface area contributed by atoms with Gasteiger partial charge in [-0.15, -0.1) is 0 Å². The number of halogens is 3. The van der Waals surface area contributed by atoms with Crippen molar-refractivity contribution in [2.45, 2.75) is 82.5 Å². The Bertz CT molecular complexity index is 1110. The van der Waals surface area contributed by atoms with Crippen LogP contribution in [-0.4, -0.2) is 59.3 Å². The number of carbonyl (C=O) groups excluding carboxylic acids is 3. The highest BCUT2D eigenvalue weighted by atomic mass is 35.5. The van der Waals surface area contributed by atoms with E-state index in [1.807, 2.05) is 19.9 Å². The average Bonchev–Trinajstić information content (AvgIpc) is 3.25. The van der Waals surface area contributed by atoms with Gasteiger partial charge < -0.3 is 20.9 Å². The minimum Gasteiger partial charge on any atom is -0.374 e. The number of alkyl halides is 2. The van der Waals surface area contributed by atoms with Crippen LogP contribution >= 0.6 is 11.6 Å². The fourth-order valence-electron chi connectivity index (χ4n) is 6.03. The molecule has 3 aliphatic heterocycles. The van der Waals surface area contributed by atoms with Gasteiger partial charge in [0, 0.05) is 35.6 Å². The van der Waals surface area contributed by atoms with Crippen molar-refractivity contribution in [3.8, 4) is 6.07 Å².